The van der Waals surface area contributed by atoms with Gasteiger partial charge in [-0.1, -0.05) is 38.1 Å². The lowest BCUT2D eigenvalue weighted by atomic mass is 9.99. The highest BCUT2D eigenvalue weighted by Crippen LogP contribution is 2.28. The van der Waals surface area contributed by atoms with Crippen LogP contribution >= 0.6 is 0 Å². The van der Waals surface area contributed by atoms with E-state index >= 15 is 0 Å². The molecule has 0 aliphatic carbocycles. The van der Waals surface area contributed by atoms with E-state index in [2.05, 4.69) is 19.2 Å². The number of hydrogen-bond acceptors (Lipinski definition) is 4. The van der Waals surface area contributed by atoms with E-state index < -0.39 is 10.1 Å². The van der Waals surface area contributed by atoms with Gasteiger partial charge in [0.25, 0.3) is 0 Å². The second kappa shape index (κ2) is 7.49. The Morgan fingerprint density at radius 2 is 1.75 bits per heavy atom. The number of anilines is 1. The Bertz CT molecular complexity index is 813. The lowest BCUT2D eigenvalue weighted by Crippen LogP contribution is -2.13. The fraction of sp³-hybridized carbons (Fsp3) is 0.278. The first-order valence-electron chi connectivity index (χ1n) is 7.74. The van der Waals surface area contributed by atoms with Crippen LogP contribution in [0.5, 0.6) is 5.75 Å². The van der Waals surface area contributed by atoms with Crippen LogP contribution in [-0.4, -0.2) is 14.3 Å². The van der Waals surface area contributed by atoms with Crippen LogP contribution in [0.15, 0.2) is 53.4 Å². The number of amides is 1. The molecule has 1 amide bonds. The van der Waals surface area contributed by atoms with Crippen LogP contribution in [0.2, 0.25) is 0 Å². The molecule has 0 saturated heterocycles. The van der Waals surface area contributed by atoms with E-state index in [9.17, 15) is 13.2 Å². The van der Waals surface area contributed by atoms with Gasteiger partial charge in [-0.2, -0.15) is 8.42 Å². The summed E-state index contributed by atoms with van der Waals surface area (Å²) >= 11 is 0. The van der Waals surface area contributed by atoms with Gasteiger partial charge in [-0.3, -0.25) is 4.79 Å². The van der Waals surface area contributed by atoms with Gasteiger partial charge in [0.15, 0.2) is 5.75 Å². The molecule has 5 nitrogen and oxygen atoms in total. The predicted molar refractivity (Wildman–Crippen MR) is 93.7 cm³/mol. The van der Waals surface area contributed by atoms with E-state index in [-0.39, 0.29) is 16.6 Å². The Kier molecular flexibility index (Phi) is 5.62. The summed E-state index contributed by atoms with van der Waals surface area (Å²) in [4.78, 5) is 11.3. The number of nitrogens with one attached hydrogen (secondary N) is 1. The summed E-state index contributed by atoms with van der Waals surface area (Å²) < 4.78 is 30.1. The summed E-state index contributed by atoms with van der Waals surface area (Å²) in [6, 6.07) is 13.1. The minimum atomic E-state index is -3.97. The maximum Gasteiger partial charge on any atom is 0.339 e. The van der Waals surface area contributed by atoms with Gasteiger partial charge in [0, 0.05) is 6.92 Å². The topological polar surface area (TPSA) is 72.5 Å². The molecular weight excluding hydrogens is 326 g/mol. The first-order valence-corrected chi connectivity index (χ1v) is 9.15. The molecule has 0 saturated carbocycles. The molecule has 2 rings (SSSR count). The number of para-hydroxylation sites is 2. The van der Waals surface area contributed by atoms with E-state index in [1.807, 2.05) is 0 Å². The Morgan fingerprint density at radius 3 is 2.33 bits per heavy atom. The minimum absolute atomic E-state index is 0.0761. The van der Waals surface area contributed by atoms with Crippen molar-refractivity contribution < 1.29 is 17.4 Å². The smallest absolute Gasteiger partial charge is 0.339 e. The molecule has 0 bridgehead atoms. The molecule has 2 aromatic rings. The molecule has 0 radical (unpaired) electrons. The fourth-order valence-corrected chi connectivity index (χ4v) is 3.14. The van der Waals surface area contributed by atoms with Gasteiger partial charge in [-0.15, -0.1) is 0 Å². The molecule has 0 aromatic heterocycles. The third-order valence-corrected chi connectivity index (χ3v) is 5.00. The van der Waals surface area contributed by atoms with Crippen molar-refractivity contribution >= 4 is 21.7 Å². The monoisotopic (exact) mass is 347 g/mol. The standard InChI is InChI=1S/C18H21NO4S/c1-4-13(2)15-9-11-16(12-10-15)24(21,22)23-18-8-6-5-7-17(18)19-14(3)20/h5-13H,4H2,1-3H3,(H,19,20). The first-order chi connectivity index (χ1) is 11.3. The summed E-state index contributed by atoms with van der Waals surface area (Å²) in [7, 11) is -3.97. The highest BCUT2D eigenvalue weighted by molar-refractivity contribution is 7.87. The highest BCUT2D eigenvalue weighted by atomic mass is 32.2. The van der Waals surface area contributed by atoms with E-state index in [0.717, 1.165) is 12.0 Å². The molecular formula is C18H21NO4S. The number of benzene rings is 2. The average molecular weight is 347 g/mol. The van der Waals surface area contributed by atoms with E-state index in [1.165, 1.54) is 25.1 Å². The second-order valence-corrected chi connectivity index (χ2v) is 7.14. The Morgan fingerprint density at radius 1 is 1.12 bits per heavy atom. The van der Waals surface area contributed by atoms with Gasteiger partial charge < -0.3 is 9.50 Å². The maximum absolute atomic E-state index is 12.5. The van der Waals surface area contributed by atoms with Gasteiger partial charge >= 0.3 is 10.1 Å². The van der Waals surface area contributed by atoms with Crippen molar-refractivity contribution in [3.63, 3.8) is 0 Å². The number of carbonyl (C=O) groups is 1. The highest BCUT2D eigenvalue weighted by Gasteiger charge is 2.19. The Balaban J connectivity index is 2.27. The molecule has 128 valence electrons. The number of hydrogen-bond donors (Lipinski definition) is 1. The van der Waals surface area contributed by atoms with E-state index in [4.69, 9.17) is 4.18 Å². The normalized spacial score (nSPS) is 12.5. The Hall–Kier alpha value is -2.34. The molecule has 0 spiro atoms. The van der Waals surface area contributed by atoms with Crippen molar-refractivity contribution in [3.05, 3.63) is 54.1 Å². The summed E-state index contributed by atoms with van der Waals surface area (Å²) in [6.45, 7) is 5.51. The molecule has 0 aliphatic heterocycles. The quantitative estimate of drug-likeness (QED) is 0.804. The van der Waals surface area contributed by atoms with Crippen LogP contribution in [0.3, 0.4) is 0 Å². The van der Waals surface area contributed by atoms with Crippen LogP contribution in [0.1, 0.15) is 38.7 Å². The van der Waals surface area contributed by atoms with Crippen LogP contribution in [-0.2, 0) is 14.9 Å². The lowest BCUT2D eigenvalue weighted by Gasteiger charge is -2.13. The zero-order chi connectivity index (χ0) is 17.7. The minimum Gasteiger partial charge on any atom is -0.377 e. The van der Waals surface area contributed by atoms with Crippen LogP contribution in [0.25, 0.3) is 0 Å². The molecule has 2 aromatic carbocycles. The third kappa shape index (κ3) is 4.35. The molecule has 0 fully saturated rings. The largest absolute Gasteiger partial charge is 0.377 e. The average Bonchev–Trinajstić information content (AvgIpc) is 2.55. The summed E-state index contributed by atoms with van der Waals surface area (Å²) in [5, 5.41) is 2.55. The van der Waals surface area contributed by atoms with Crippen molar-refractivity contribution in [1.82, 2.24) is 0 Å². The second-order valence-electron chi connectivity index (χ2n) is 5.59. The van der Waals surface area contributed by atoms with Gasteiger partial charge in [0.1, 0.15) is 4.90 Å². The third-order valence-electron chi connectivity index (χ3n) is 3.75. The maximum atomic E-state index is 12.5. The van der Waals surface area contributed by atoms with Crippen molar-refractivity contribution in [3.8, 4) is 5.75 Å². The van der Waals surface area contributed by atoms with Gasteiger partial charge in [0.2, 0.25) is 5.91 Å². The molecule has 6 heteroatoms. The summed E-state index contributed by atoms with van der Waals surface area (Å²) in [6.07, 6.45) is 0.979. The fourth-order valence-electron chi connectivity index (χ4n) is 2.20. The Labute approximate surface area is 142 Å². The van der Waals surface area contributed by atoms with Crippen molar-refractivity contribution in [2.75, 3.05) is 5.32 Å². The molecule has 0 heterocycles. The summed E-state index contributed by atoms with van der Waals surface area (Å²) in [5.74, 6) is 0.142. The first kappa shape index (κ1) is 18.0. The number of rotatable bonds is 6. The predicted octanol–water partition coefficient (Wildman–Crippen LogP) is 3.93. The zero-order valence-corrected chi connectivity index (χ0v) is 14.8. The molecule has 1 N–H and O–H groups in total. The van der Waals surface area contributed by atoms with Gasteiger partial charge in [-0.25, -0.2) is 0 Å². The van der Waals surface area contributed by atoms with Crippen molar-refractivity contribution in [1.29, 1.82) is 0 Å². The van der Waals surface area contributed by atoms with Crippen LogP contribution in [0, 0.1) is 0 Å². The molecule has 1 atom stereocenters. The van der Waals surface area contributed by atoms with E-state index in [0.29, 0.717) is 11.6 Å². The molecule has 0 aliphatic rings. The van der Waals surface area contributed by atoms with Crippen LogP contribution in [0.4, 0.5) is 5.69 Å². The van der Waals surface area contributed by atoms with Crippen molar-refractivity contribution in [2.24, 2.45) is 0 Å². The van der Waals surface area contributed by atoms with Crippen LogP contribution < -0.4 is 9.50 Å². The van der Waals surface area contributed by atoms with Crippen molar-refractivity contribution in [2.45, 2.75) is 38.0 Å². The summed E-state index contributed by atoms with van der Waals surface area (Å²) in [5.41, 5.74) is 1.39. The lowest BCUT2D eigenvalue weighted by molar-refractivity contribution is -0.114. The van der Waals surface area contributed by atoms with Gasteiger partial charge in [0.05, 0.1) is 5.69 Å². The number of carbonyl (C=O) groups excluding carboxylic acids is 1. The zero-order valence-electron chi connectivity index (χ0n) is 13.9. The molecule has 1 unspecified atom stereocenters. The van der Waals surface area contributed by atoms with E-state index in [1.54, 1.807) is 30.3 Å². The SMILES string of the molecule is CCC(C)c1ccc(S(=O)(=O)Oc2ccccc2NC(C)=O)cc1. The van der Waals surface area contributed by atoms with Gasteiger partial charge in [-0.05, 0) is 42.2 Å². The molecule has 24 heavy (non-hydrogen) atoms.